The molecule has 12 heteroatoms. The maximum Gasteiger partial charge on any atom is 0.411 e. The SMILES string of the molecule is CC(=O)N1CCCC(C2SCC(C(=O)Nc3nc(-c4ccc(C(=O)NC5CC5)cc4)cs3)N2C(=O)OCc2ccccc2)C1. The summed E-state index contributed by atoms with van der Waals surface area (Å²) in [5, 5.41) is 7.89. The number of amides is 4. The fourth-order valence-electron chi connectivity index (χ4n) is 5.59. The predicted octanol–water partition coefficient (Wildman–Crippen LogP) is 4.98. The zero-order chi connectivity index (χ0) is 30.6. The van der Waals surface area contributed by atoms with Crippen LogP contribution in [0.4, 0.5) is 9.93 Å². The molecule has 3 fully saturated rings. The Morgan fingerprint density at radius 3 is 2.52 bits per heavy atom. The number of rotatable bonds is 8. The lowest BCUT2D eigenvalue weighted by atomic mass is 9.96. The van der Waals surface area contributed by atoms with Gasteiger partial charge in [0.05, 0.1) is 11.1 Å². The maximum atomic E-state index is 13.6. The highest BCUT2D eigenvalue weighted by Gasteiger charge is 2.47. The lowest BCUT2D eigenvalue weighted by Crippen LogP contribution is -2.52. The molecule has 0 bridgehead atoms. The van der Waals surface area contributed by atoms with Crippen molar-refractivity contribution in [3.05, 3.63) is 71.1 Å². The molecule has 2 aromatic carbocycles. The molecule has 6 rings (SSSR count). The number of hydrogen-bond donors (Lipinski definition) is 2. The van der Waals surface area contributed by atoms with Crippen LogP contribution in [-0.4, -0.2) is 74.9 Å². The molecule has 230 valence electrons. The van der Waals surface area contributed by atoms with E-state index >= 15 is 0 Å². The van der Waals surface area contributed by atoms with E-state index in [0.29, 0.717) is 41.3 Å². The topological polar surface area (TPSA) is 121 Å². The lowest BCUT2D eigenvalue weighted by molar-refractivity contribution is -0.131. The van der Waals surface area contributed by atoms with E-state index in [1.807, 2.05) is 52.7 Å². The van der Waals surface area contributed by atoms with Gasteiger partial charge in [-0.3, -0.25) is 19.3 Å². The van der Waals surface area contributed by atoms with Crippen molar-refractivity contribution in [3.63, 3.8) is 0 Å². The molecule has 44 heavy (non-hydrogen) atoms. The number of likely N-dealkylation sites (tertiary alicyclic amines) is 1. The summed E-state index contributed by atoms with van der Waals surface area (Å²) in [5.41, 5.74) is 2.97. The van der Waals surface area contributed by atoms with E-state index in [4.69, 9.17) is 4.74 Å². The zero-order valence-electron chi connectivity index (χ0n) is 24.4. The summed E-state index contributed by atoms with van der Waals surface area (Å²) in [7, 11) is 0. The number of anilines is 1. The highest BCUT2D eigenvalue weighted by atomic mass is 32.2. The van der Waals surface area contributed by atoms with Crippen LogP contribution in [0, 0.1) is 5.92 Å². The number of nitrogens with zero attached hydrogens (tertiary/aromatic N) is 3. The number of piperidine rings is 1. The van der Waals surface area contributed by atoms with Gasteiger partial charge in [0, 0.05) is 54.2 Å². The van der Waals surface area contributed by atoms with Gasteiger partial charge in [-0.25, -0.2) is 9.78 Å². The van der Waals surface area contributed by atoms with Crippen LogP contribution in [0.25, 0.3) is 11.3 Å². The molecule has 3 unspecified atom stereocenters. The maximum absolute atomic E-state index is 13.6. The molecule has 2 aliphatic heterocycles. The summed E-state index contributed by atoms with van der Waals surface area (Å²) in [6, 6.07) is 16.2. The van der Waals surface area contributed by atoms with Crippen molar-refractivity contribution < 1.29 is 23.9 Å². The average molecular weight is 634 g/mol. The third-order valence-corrected chi connectivity index (χ3v) is 10.4. The third-order valence-electron chi connectivity index (χ3n) is 8.15. The summed E-state index contributed by atoms with van der Waals surface area (Å²) < 4.78 is 5.72. The molecule has 0 spiro atoms. The molecule has 3 aromatic rings. The van der Waals surface area contributed by atoms with Gasteiger partial charge < -0.3 is 20.3 Å². The highest BCUT2D eigenvalue weighted by Crippen LogP contribution is 2.39. The molecule has 3 aliphatic rings. The Morgan fingerprint density at radius 1 is 1.02 bits per heavy atom. The molecule has 4 amide bonds. The first-order valence-electron chi connectivity index (χ1n) is 14.9. The Hall–Kier alpha value is -3.90. The van der Waals surface area contributed by atoms with Crippen LogP contribution in [0.1, 0.15) is 48.5 Å². The van der Waals surface area contributed by atoms with Crippen molar-refractivity contribution in [2.75, 3.05) is 24.2 Å². The molecule has 1 saturated carbocycles. The van der Waals surface area contributed by atoms with Gasteiger partial charge in [-0.05, 0) is 43.4 Å². The van der Waals surface area contributed by atoms with Crippen molar-refractivity contribution in [2.24, 2.45) is 5.92 Å². The van der Waals surface area contributed by atoms with Crippen LogP contribution in [-0.2, 0) is 20.9 Å². The van der Waals surface area contributed by atoms with E-state index in [-0.39, 0.29) is 35.6 Å². The number of benzene rings is 2. The molecule has 1 aliphatic carbocycles. The quantitative estimate of drug-likeness (QED) is 0.359. The molecular weight excluding hydrogens is 599 g/mol. The Kier molecular flexibility index (Phi) is 9.17. The van der Waals surface area contributed by atoms with Crippen LogP contribution in [0.2, 0.25) is 0 Å². The minimum absolute atomic E-state index is 0.0148. The van der Waals surface area contributed by atoms with E-state index in [9.17, 15) is 19.2 Å². The Bertz CT molecular complexity index is 1510. The highest BCUT2D eigenvalue weighted by molar-refractivity contribution is 8.00. The van der Waals surface area contributed by atoms with Crippen LogP contribution >= 0.6 is 23.1 Å². The van der Waals surface area contributed by atoms with E-state index in [2.05, 4.69) is 15.6 Å². The first-order valence-corrected chi connectivity index (χ1v) is 16.8. The molecule has 1 aromatic heterocycles. The van der Waals surface area contributed by atoms with Gasteiger partial charge in [-0.15, -0.1) is 23.1 Å². The Morgan fingerprint density at radius 2 is 1.80 bits per heavy atom. The van der Waals surface area contributed by atoms with Gasteiger partial charge in [-0.1, -0.05) is 42.5 Å². The minimum atomic E-state index is -0.752. The minimum Gasteiger partial charge on any atom is -0.445 e. The number of carbonyl (C=O) groups excluding carboxylic acids is 4. The fourth-order valence-corrected chi connectivity index (χ4v) is 7.89. The summed E-state index contributed by atoms with van der Waals surface area (Å²) in [4.78, 5) is 59.7. The Labute approximate surface area is 264 Å². The van der Waals surface area contributed by atoms with Gasteiger partial charge in [-0.2, -0.15) is 0 Å². The smallest absolute Gasteiger partial charge is 0.411 e. The number of carbonyl (C=O) groups is 4. The number of hydrogen-bond acceptors (Lipinski definition) is 8. The molecule has 3 heterocycles. The van der Waals surface area contributed by atoms with Crippen molar-refractivity contribution in [2.45, 2.75) is 56.7 Å². The molecule has 2 N–H and O–H groups in total. The molecular formula is C32H35N5O5S2. The molecule has 0 radical (unpaired) electrons. The average Bonchev–Trinajstić information content (AvgIpc) is 3.54. The number of thiazole rings is 1. The van der Waals surface area contributed by atoms with Crippen LogP contribution in [0.3, 0.4) is 0 Å². The normalized spacial score (nSPS) is 21.5. The third kappa shape index (κ3) is 7.07. The predicted molar refractivity (Wildman–Crippen MR) is 170 cm³/mol. The molecule has 10 nitrogen and oxygen atoms in total. The van der Waals surface area contributed by atoms with Crippen LogP contribution in [0.5, 0.6) is 0 Å². The second kappa shape index (κ2) is 13.4. The van der Waals surface area contributed by atoms with Crippen molar-refractivity contribution in [1.82, 2.24) is 20.1 Å². The number of aromatic nitrogens is 1. The van der Waals surface area contributed by atoms with Gasteiger partial charge in [0.15, 0.2) is 5.13 Å². The monoisotopic (exact) mass is 633 g/mol. The van der Waals surface area contributed by atoms with Crippen molar-refractivity contribution in [3.8, 4) is 11.3 Å². The zero-order valence-corrected chi connectivity index (χ0v) is 26.1. The van der Waals surface area contributed by atoms with Gasteiger partial charge >= 0.3 is 6.09 Å². The van der Waals surface area contributed by atoms with E-state index < -0.39 is 12.1 Å². The van der Waals surface area contributed by atoms with Gasteiger partial charge in [0.2, 0.25) is 11.8 Å². The van der Waals surface area contributed by atoms with Crippen molar-refractivity contribution >= 4 is 52.0 Å². The van der Waals surface area contributed by atoms with E-state index in [1.165, 1.54) is 11.3 Å². The first-order chi connectivity index (χ1) is 21.4. The summed E-state index contributed by atoms with van der Waals surface area (Å²) in [6.45, 7) is 2.91. The second-order valence-corrected chi connectivity index (χ2v) is 13.4. The largest absolute Gasteiger partial charge is 0.445 e. The van der Waals surface area contributed by atoms with Gasteiger partial charge in [0.25, 0.3) is 5.91 Å². The summed E-state index contributed by atoms with van der Waals surface area (Å²) in [5.74, 6) is 0.0493. The van der Waals surface area contributed by atoms with E-state index in [1.54, 1.807) is 35.7 Å². The fraction of sp³-hybridized carbons (Fsp3) is 0.406. The summed E-state index contributed by atoms with van der Waals surface area (Å²) in [6.07, 6.45) is 3.22. The Balaban J connectivity index is 1.14. The lowest BCUT2D eigenvalue weighted by Gasteiger charge is -2.38. The number of thioether (sulfide) groups is 1. The molecule has 2 saturated heterocycles. The molecule has 3 atom stereocenters. The van der Waals surface area contributed by atoms with Crippen LogP contribution < -0.4 is 10.6 Å². The standard InChI is InChI=1S/C32H35N5O5S2/c1-20(38)36-15-5-8-24(16-36)30-37(32(41)42-17-21-6-3-2-4-7-21)27(19-43-30)29(40)35-31-34-26(18-44-31)22-9-11-23(12-10-22)28(39)33-25-13-14-25/h2-4,6-7,9-12,18,24-25,27,30H,5,8,13-17,19H2,1H3,(H,33,39)(H,34,35,40). The summed E-state index contributed by atoms with van der Waals surface area (Å²) >= 11 is 2.86. The second-order valence-electron chi connectivity index (χ2n) is 11.4. The van der Waals surface area contributed by atoms with E-state index in [0.717, 1.165) is 36.8 Å². The van der Waals surface area contributed by atoms with Gasteiger partial charge in [0.1, 0.15) is 12.6 Å². The first kappa shape index (κ1) is 30.1. The number of nitrogens with one attached hydrogen (secondary N) is 2. The van der Waals surface area contributed by atoms with Crippen molar-refractivity contribution in [1.29, 1.82) is 0 Å². The van der Waals surface area contributed by atoms with Crippen LogP contribution in [0.15, 0.2) is 60.0 Å². The number of ether oxygens (including phenoxy) is 1.